The summed E-state index contributed by atoms with van der Waals surface area (Å²) in [6.45, 7) is -0.983. The van der Waals surface area contributed by atoms with Crippen molar-refractivity contribution in [2.45, 2.75) is 17.9 Å². The van der Waals surface area contributed by atoms with E-state index in [1.807, 2.05) is 0 Å². The highest BCUT2D eigenvalue weighted by molar-refractivity contribution is 7.89. The Morgan fingerprint density at radius 3 is 2.81 bits per heavy atom. The largest absolute Gasteiger partial charge is 0.394 e. The highest BCUT2D eigenvalue weighted by atomic mass is 32.2. The highest BCUT2D eigenvalue weighted by Crippen LogP contribution is 2.07. The molecule has 0 aliphatic heterocycles. The molecule has 0 saturated heterocycles. The van der Waals surface area contributed by atoms with E-state index < -0.39 is 23.0 Å². The molecule has 1 rings (SSSR count). The van der Waals surface area contributed by atoms with Crippen LogP contribution in [0.15, 0.2) is 17.3 Å². The van der Waals surface area contributed by atoms with E-state index in [0.29, 0.717) is 0 Å². The van der Waals surface area contributed by atoms with Gasteiger partial charge >= 0.3 is 0 Å². The number of nitrogens with one attached hydrogen (secondary N) is 1. The van der Waals surface area contributed by atoms with Crippen LogP contribution in [0.3, 0.4) is 0 Å². The van der Waals surface area contributed by atoms with E-state index in [1.54, 1.807) is 4.72 Å². The van der Waals surface area contributed by atoms with E-state index in [-0.39, 0.29) is 18.0 Å². The predicted molar refractivity (Wildman–Crippen MR) is 50.5 cm³/mol. The number of alkyl halides is 2. The fraction of sp³-hybridized carbons (Fsp3) is 0.571. The third-order valence-electron chi connectivity index (χ3n) is 1.68. The Morgan fingerprint density at radius 2 is 2.25 bits per heavy atom. The number of halogens is 2. The van der Waals surface area contributed by atoms with Gasteiger partial charge in [0.05, 0.1) is 25.9 Å². The van der Waals surface area contributed by atoms with E-state index in [9.17, 15) is 17.2 Å². The van der Waals surface area contributed by atoms with E-state index >= 15 is 0 Å². The van der Waals surface area contributed by atoms with Crippen LogP contribution in [0, 0.1) is 0 Å². The van der Waals surface area contributed by atoms with Crippen LogP contribution in [0.25, 0.3) is 0 Å². The quantitative estimate of drug-likeness (QED) is 0.712. The lowest BCUT2D eigenvalue weighted by Crippen LogP contribution is -2.28. The second-order valence-corrected chi connectivity index (χ2v) is 4.67. The van der Waals surface area contributed by atoms with Gasteiger partial charge in [-0.3, -0.25) is 4.68 Å². The van der Waals surface area contributed by atoms with Crippen molar-refractivity contribution in [3.8, 4) is 0 Å². The molecule has 1 aromatic heterocycles. The molecule has 1 aromatic rings. The number of hydrogen-bond donors (Lipinski definition) is 2. The summed E-state index contributed by atoms with van der Waals surface area (Å²) in [6.07, 6.45) is -0.560. The zero-order chi connectivity index (χ0) is 12.2. The van der Waals surface area contributed by atoms with Gasteiger partial charge in [0.1, 0.15) is 4.90 Å². The third kappa shape index (κ3) is 3.51. The van der Waals surface area contributed by atoms with Gasteiger partial charge in [-0.15, -0.1) is 0 Å². The highest BCUT2D eigenvalue weighted by Gasteiger charge is 2.17. The van der Waals surface area contributed by atoms with Gasteiger partial charge < -0.3 is 5.11 Å². The monoisotopic (exact) mass is 255 g/mol. The van der Waals surface area contributed by atoms with Gasteiger partial charge in [-0.2, -0.15) is 5.10 Å². The van der Waals surface area contributed by atoms with Gasteiger partial charge in [0.15, 0.2) is 0 Å². The fourth-order valence-corrected chi connectivity index (χ4v) is 1.92. The number of sulfonamides is 1. The molecule has 0 bridgehead atoms. The van der Waals surface area contributed by atoms with Gasteiger partial charge in [0, 0.05) is 6.20 Å². The van der Waals surface area contributed by atoms with Crippen LogP contribution in [0.4, 0.5) is 8.78 Å². The molecule has 0 aliphatic carbocycles. The minimum Gasteiger partial charge on any atom is -0.394 e. The topological polar surface area (TPSA) is 84.2 Å². The minimum atomic E-state index is -3.95. The van der Waals surface area contributed by atoms with E-state index in [2.05, 4.69) is 5.10 Å². The van der Waals surface area contributed by atoms with Crippen LogP contribution in [-0.2, 0) is 16.6 Å². The van der Waals surface area contributed by atoms with Gasteiger partial charge in [-0.1, -0.05) is 0 Å². The zero-order valence-electron chi connectivity index (χ0n) is 8.18. The lowest BCUT2D eigenvalue weighted by molar-refractivity contribution is 0.153. The summed E-state index contributed by atoms with van der Waals surface area (Å²) >= 11 is 0. The summed E-state index contributed by atoms with van der Waals surface area (Å²) in [6, 6.07) is 0. The Hall–Kier alpha value is -1.06. The Morgan fingerprint density at radius 1 is 1.56 bits per heavy atom. The van der Waals surface area contributed by atoms with E-state index in [0.717, 1.165) is 12.4 Å². The third-order valence-corrected chi connectivity index (χ3v) is 3.05. The van der Waals surface area contributed by atoms with E-state index in [4.69, 9.17) is 5.11 Å². The molecular weight excluding hydrogens is 244 g/mol. The van der Waals surface area contributed by atoms with Crippen LogP contribution in [-0.4, -0.2) is 42.9 Å². The first-order valence-electron chi connectivity index (χ1n) is 4.37. The molecule has 16 heavy (non-hydrogen) atoms. The van der Waals surface area contributed by atoms with Gasteiger partial charge in [-0.05, 0) is 0 Å². The molecule has 2 N–H and O–H groups in total. The number of nitrogens with zero attached hydrogens (tertiary/aromatic N) is 2. The molecule has 0 saturated carbocycles. The zero-order valence-corrected chi connectivity index (χ0v) is 8.99. The molecular formula is C7H11F2N3O3S. The Labute approximate surface area is 90.9 Å². The number of aliphatic hydroxyl groups is 1. The fourth-order valence-electron chi connectivity index (χ4n) is 0.964. The standard InChI is InChI=1S/C7H11F2N3O3S/c8-7(9)4-11-16(14,15)6-3-10-12(5-6)1-2-13/h3,5,7,11,13H,1-2,4H2. The molecule has 6 nitrogen and oxygen atoms in total. The summed E-state index contributed by atoms with van der Waals surface area (Å²) in [5, 5.41) is 12.2. The molecule has 0 atom stereocenters. The maximum Gasteiger partial charge on any atom is 0.251 e. The molecule has 9 heteroatoms. The van der Waals surface area contributed by atoms with Crippen molar-refractivity contribution in [3.05, 3.63) is 12.4 Å². The summed E-state index contributed by atoms with van der Waals surface area (Å²) in [4.78, 5) is -0.207. The van der Waals surface area contributed by atoms with Gasteiger partial charge in [0.25, 0.3) is 6.43 Å². The lowest BCUT2D eigenvalue weighted by atomic mass is 10.7. The number of aliphatic hydroxyl groups excluding tert-OH is 1. The first-order chi connectivity index (χ1) is 7.45. The minimum absolute atomic E-state index is 0.143. The second kappa shape index (κ2) is 5.32. The first-order valence-corrected chi connectivity index (χ1v) is 5.85. The lowest BCUT2D eigenvalue weighted by Gasteiger charge is -2.02. The van der Waals surface area contributed by atoms with Crippen molar-refractivity contribution >= 4 is 10.0 Å². The van der Waals surface area contributed by atoms with Crippen molar-refractivity contribution in [2.75, 3.05) is 13.2 Å². The summed E-state index contributed by atoms with van der Waals surface area (Å²) in [5.74, 6) is 0. The van der Waals surface area contributed by atoms with Gasteiger partial charge in [0.2, 0.25) is 10.0 Å². The molecule has 0 spiro atoms. The molecule has 0 aromatic carbocycles. The van der Waals surface area contributed by atoms with Crippen molar-refractivity contribution in [1.82, 2.24) is 14.5 Å². The van der Waals surface area contributed by atoms with Crippen molar-refractivity contribution < 1.29 is 22.3 Å². The molecule has 0 fully saturated rings. The van der Waals surface area contributed by atoms with Crippen molar-refractivity contribution in [2.24, 2.45) is 0 Å². The van der Waals surface area contributed by atoms with Crippen molar-refractivity contribution in [3.63, 3.8) is 0 Å². The number of hydrogen-bond acceptors (Lipinski definition) is 4. The second-order valence-electron chi connectivity index (χ2n) is 2.91. The summed E-state index contributed by atoms with van der Waals surface area (Å²) < 4.78 is 49.4. The van der Waals surface area contributed by atoms with Crippen LogP contribution < -0.4 is 4.72 Å². The van der Waals surface area contributed by atoms with Gasteiger partial charge in [-0.25, -0.2) is 21.9 Å². The first kappa shape index (κ1) is 13.0. The Kier molecular flexibility index (Phi) is 4.33. The average Bonchev–Trinajstić information content (AvgIpc) is 2.65. The smallest absolute Gasteiger partial charge is 0.251 e. The maximum absolute atomic E-state index is 11.8. The van der Waals surface area contributed by atoms with Crippen molar-refractivity contribution in [1.29, 1.82) is 0 Å². The predicted octanol–water partition coefficient (Wildman–Crippen LogP) is -0.581. The Balaban J connectivity index is 2.74. The molecule has 0 unspecified atom stereocenters. The molecule has 0 radical (unpaired) electrons. The summed E-state index contributed by atoms with van der Waals surface area (Å²) in [5.41, 5.74) is 0. The number of rotatable bonds is 6. The summed E-state index contributed by atoms with van der Waals surface area (Å²) in [7, 11) is -3.95. The average molecular weight is 255 g/mol. The molecule has 1 heterocycles. The molecule has 92 valence electrons. The van der Waals surface area contributed by atoms with Crippen LogP contribution in [0.5, 0.6) is 0 Å². The van der Waals surface area contributed by atoms with Crippen LogP contribution in [0.1, 0.15) is 0 Å². The SMILES string of the molecule is O=S(=O)(NCC(F)F)c1cnn(CCO)c1. The Bertz CT molecular complexity index is 432. The van der Waals surface area contributed by atoms with E-state index in [1.165, 1.54) is 4.68 Å². The van der Waals surface area contributed by atoms with Crippen LogP contribution >= 0.6 is 0 Å². The van der Waals surface area contributed by atoms with Crippen LogP contribution in [0.2, 0.25) is 0 Å². The maximum atomic E-state index is 11.8. The molecule has 0 aliphatic rings. The molecule has 0 amide bonds. The normalized spacial score (nSPS) is 12.2. The number of aromatic nitrogens is 2.